The molecular formula is C20H20FNO2. The molecular weight excluding hydrogens is 305 g/mol. The third-order valence-corrected chi connectivity index (χ3v) is 5.19. The van der Waals surface area contributed by atoms with E-state index in [4.69, 9.17) is 4.74 Å². The van der Waals surface area contributed by atoms with Gasteiger partial charge < -0.3 is 10.1 Å². The van der Waals surface area contributed by atoms with E-state index in [0.29, 0.717) is 13.2 Å². The van der Waals surface area contributed by atoms with Crippen molar-refractivity contribution < 1.29 is 13.9 Å². The molecule has 1 saturated carbocycles. The van der Waals surface area contributed by atoms with Gasteiger partial charge in [-0.2, -0.15) is 0 Å². The maximum absolute atomic E-state index is 12.9. The van der Waals surface area contributed by atoms with Gasteiger partial charge in [-0.15, -0.1) is 0 Å². The van der Waals surface area contributed by atoms with Crippen molar-refractivity contribution in [1.29, 1.82) is 0 Å². The number of benzene rings is 2. The van der Waals surface area contributed by atoms with Gasteiger partial charge >= 0.3 is 6.09 Å². The maximum Gasteiger partial charge on any atom is 0.407 e. The molecule has 3 nitrogen and oxygen atoms in total. The van der Waals surface area contributed by atoms with Crippen molar-refractivity contribution in [3.05, 3.63) is 59.7 Å². The van der Waals surface area contributed by atoms with Gasteiger partial charge in [0.1, 0.15) is 6.61 Å². The Bertz CT molecular complexity index is 724. The number of alkyl carbamates (subject to hydrolysis) is 1. The Kier molecular flexibility index (Phi) is 3.75. The van der Waals surface area contributed by atoms with Crippen LogP contribution in [0.15, 0.2) is 48.5 Å². The van der Waals surface area contributed by atoms with Crippen LogP contribution in [0.25, 0.3) is 11.1 Å². The van der Waals surface area contributed by atoms with Crippen molar-refractivity contribution in [3.63, 3.8) is 0 Å². The Balaban J connectivity index is 1.44. The summed E-state index contributed by atoms with van der Waals surface area (Å²) in [4.78, 5) is 12.0. The molecule has 0 bridgehead atoms. The van der Waals surface area contributed by atoms with Gasteiger partial charge in [0.05, 0.1) is 6.67 Å². The normalized spacial score (nSPS) is 17.0. The van der Waals surface area contributed by atoms with E-state index in [2.05, 4.69) is 29.6 Å². The zero-order valence-electron chi connectivity index (χ0n) is 13.4. The Morgan fingerprint density at radius 3 is 2.21 bits per heavy atom. The molecule has 24 heavy (non-hydrogen) atoms. The van der Waals surface area contributed by atoms with Crippen LogP contribution in [0, 0.1) is 5.41 Å². The molecule has 0 unspecified atom stereocenters. The summed E-state index contributed by atoms with van der Waals surface area (Å²) in [7, 11) is 0. The summed E-state index contributed by atoms with van der Waals surface area (Å²) in [5.74, 6) is 0.0548. The molecule has 1 amide bonds. The number of carbonyl (C=O) groups excluding carboxylic acids is 1. The molecule has 0 aromatic heterocycles. The van der Waals surface area contributed by atoms with Crippen LogP contribution >= 0.6 is 0 Å². The summed E-state index contributed by atoms with van der Waals surface area (Å²) >= 11 is 0. The van der Waals surface area contributed by atoms with Crippen LogP contribution in [-0.2, 0) is 4.74 Å². The van der Waals surface area contributed by atoms with E-state index in [1.807, 2.05) is 24.3 Å². The Hall–Kier alpha value is -2.36. The van der Waals surface area contributed by atoms with Gasteiger partial charge in [-0.05, 0) is 35.1 Å². The molecule has 1 fully saturated rings. The number of alkyl halides is 1. The van der Waals surface area contributed by atoms with E-state index < -0.39 is 6.09 Å². The van der Waals surface area contributed by atoms with E-state index >= 15 is 0 Å². The molecule has 4 rings (SSSR count). The molecule has 2 aromatic rings. The first-order chi connectivity index (χ1) is 11.7. The lowest BCUT2D eigenvalue weighted by molar-refractivity contribution is 0.139. The molecule has 0 spiro atoms. The average Bonchev–Trinajstić information content (AvgIpc) is 3.35. The number of hydrogen-bond donors (Lipinski definition) is 1. The van der Waals surface area contributed by atoms with Crippen molar-refractivity contribution in [2.75, 3.05) is 19.8 Å². The van der Waals surface area contributed by atoms with Crippen LogP contribution in [0.5, 0.6) is 0 Å². The summed E-state index contributed by atoms with van der Waals surface area (Å²) in [6.45, 7) is 0.277. The van der Waals surface area contributed by atoms with Gasteiger partial charge in [-0.1, -0.05) is 48.5 Å². The second kappa shape index (κ2) is 5.93. The molecule has 0 saturated heterocycles. The number of halogens is 1. The first-order valence-electron chi connectivity index (χ1n) is 8.37. The minimum Gasteiger partial charge on any atom is -0.449 e. The van der Waals surface area contributed by atoms with Crippen LogP contribution in [0.2, 0.25) is 0 Å². The highest BCUT2D eigenvalue weighted by atomic mass is 19.1. The van der Waals surface area contributed by atoms with E-state index in [-0.39, 0.29) is 18.0 Å². The average molecular weight is 325 g/mol. The second-order valence-electron chi connectivity index (χ2n) is 6.81. The fourth-order valence-electron chi connectivity index (χ4n) is 3.44. The minimum absolute atomic E-state index is 0.0548. The topological polar surface area (TPSA) is 38.3 Å². The van der Waals surface area contributed by atoms with Crippen LogP contribution in [0.4, 0.5) is 9.18 Å². The SMILES string of the molecule is O=C(NCC1(CF)CC1)OCC1c2ccccc2-c2ccccc21. The highest BCUT2D eigenvalue weighted by Crippen LogP contribution is 2.46. The fraction of sp³-hybridized carbons (Fsp3) is 0.350. The lowest BCUT2D eigenvalue weighted by Crippen LogP contribution is -2.32. The van der Waals surface area contributed by atoms with Crippen LogP contribution in [0.1, 0.15) is 29.9 Å². The van der Waals surface area contributed by atoms with Crippen molar-refractivity contribution in [2.24, 2.45) is 5.41 Å². The van der Waals surface area contributed by atoms with E-state index in [9.17, 15) is 9.18 Å². The third-order valence-electron chi connectivity index (χ3n) is 5.19. The van der Waals surface area contributed by atoms with Gasteiger partial charge in [0.2, 0.25) is 0 Å². The standard InChI is InChI=1S/C20H20FNO2/c21-12-20(9-10-20)13-22-19(23)24-11-18-16-7-3-1-5-14(16)15-6-2-4-8-17(15)18/h1-8,18H,9-13H2,(H,22,23). The van der Waals surface area contributed by atoms with Gasteiger partial charge in [-0.3, -0.25) is 4.39 Å². The molecule has 124 valence electrons. The third kappa shape index (κ3) is 2.66. The van der Waals surface area contributed by atoms with Gasteiger partial charge in [0.15, 0.2) is 0 Å². The highest BCUT2D eigenvalue weighted by Gasteiger charge is 2.43. The fourth-order valence-corrected chi connectivity index (χ4v) is 3.44. The number of carbonyl (C=O) groups is 1. The molecule has 2 aromatic carbocycles. The number of nitrogens with one attached hydrogen (secondary N) is 1. The minimum atomic E-state index is -0.461. The summed E-state index contributed by atoms with van der Waals surface area (Å²) in [5, 5.41) is 2.71. The van der Waals surface area contributed by atoms with E-state index in [1.54, 1.807) is 0 Å². The number of amides is 1. The molecule has 1 N–H and O–H groups in total. The monoisotopic (exact) mass is 325 g/mol. The molecule has 2 aliphatic carbocycles. The zero-order valence-corrected chi connectivity index (χ0v) is 13.4. The van der Waals surface area contributed by atoms with Gasteiger partial charge in [0, 0.05) is 17.9 Å². The molecule has 2 aliphatic rings. The molecule has 0 aliphatic heterocycles. The number of fused-ring (bicyclic) bond motifs is 3. The summed E-state index contributed by atoms with van der Waals surface area (Å²) in [6, 6.07) is 16.5. The lowest BCUT2D eigenvalue weighted by atomic mass is 9.98. The second-order valence-corrected chi connectivity index (χ2v) is 6.81. The maximum atomic E-state index is 12.9. The van der Waals surface area contributed by atoms with Crippen molar-refractivity contribution in [1.82, 2.24) is 5.32 Å². The van der Waals surface area contributed by atoms with E-state index in [0.717, 1.165) is 12.8 Å². The predicted octanol–water partition coefficient (Wildman–Crippen LogP) is 4.27. The van der Waals surface area contributed by atoms with Gasteiger partial charge in [-0.25, -0.2) is 4.79 Å². The number of ether oxygens (including phenoxy) is 1. The summed E-state index contributed by atoms with van der Waals surface area (Å²) < 4.78 is 18.3. The Morgan fingerprint density at radius 2 is 1.67 bits per heavy atom. The summed E-state index contributed by atoms with van der Waals surface area (Å²) in [5.41, 5.74) is 4.46. The highest BCUT2D eigenvalue weighted by molar-refractivity contribution is 5.79. The number of hydrogen-bond acceptors (Lipinski definition) is 2. The van der Waals surface area contributed by atoms with Crippen LogP contribution in [-0.4, -0.2) is 25.9 Å². The van der Waals surface area contributed by atoms with Crippen LogP contribution in [0.3, 0.4) is 0 Å². The van der Waals surface area contributed by atoms with Crippen molar-refractivity contribution in [2.45, 2.75) is 18.8 Å². The van der Waals surface area contributed by atoms with Crippen molar-refractivity contribution >= 4 is 6.09 Å². The molecule has 0 radical (unpaired) electrons. The quantitative estimate of drug-likeness (QED) is 0.891. The van der Waals surface area contributed by atoms with E-state index in [1.165, 1.54) is 22.3 Å². The first-order valence-corrected chi connectivity index (χ1v) is 8.37. The number of rotatable bonds is 5. The zero-order chi connectivity index (χ0) is 16.6. The predicted molar refractivity (Wildman–Crippen MR) is 90.7 cm³/mol. The first kappa shape index (κ1) is 15.2. The van der Waals surface area contributed by atoms with Crippen molar-refractivity contribution in [3.8, 4) is 11.1 Å². The Labute approximate surface area is 140 Å². The Morgan fingerprint density at radius 1 is 1.08 bits per heavy atom. The van der Waals surface area contributed by atoms with Crippen LogP contribution < -0.4 is 5.32 Å². The smallest absolute Gasteiger partial charge is 0.407 e. The van der Waals surface area contributed by atoms with Gasteiger partial charge in [0.25, 0.3) is 0 Å². The molecule has 0 heterocycles. The lowest BCUT2D eigenvalue weighted by Gasteiger charge is -2.16. The summed E-state index contributed by atoms with van der Waals surface area (Å²) in [6.07, 6.45) is 1.22. The largest absolute Gasteiger partial charge is 0.449 e. The molecule has 0 atom stereocenters. The molecule has 4 heteroatoms.